The van der Waals surface area contributed by atoms with Gasteiger partial charge in [-0.25, -0.2) is 4.57 Å². The number of nitrogen functional groups attached to an aromatic ring is 1. The van der Waals surface area contributed by atoms with Crippen LogP contribution in [0.1, 0.15) is 11.1 Å². The molecule has 0 aromatic heterocycles. The Morgan fingerprint density at radius 3 is 2.71 bits per heavy atom. The average Bonchev–Trinajstić information content (AvgIpc) is 2.24. The molecule has 0 saturated carbocycles. The van der Waals surface area contributed by atoms with Crippen LogP contribution in [0.2, 0.25) is 0 Å². The molecule has 1 rings (SSSR count). The first-order valence-electron chi connectivity index (χ1n) is 4.70. The Kier molecular flexibility index (Phi) is 4.70. The van der Waals surface area contributed by atoms with Gasteiger partial charge in [-0.15, -0.1) is 0 Å². The second-order valence-corrected chi connectivity index (χ2v) is 4.43. The highest BCUT2D eigenvalue weighted by atomic mass is 31.2. The third-order valence-electron chi connectivity index (χ3n) is 1.84. The molecule has 0 aliphatic carbocycles. The number of anilines is 1. The molecule has 0 atom stereocenters. The van der Waals surface area contributed by atoms with E-state index in [1.165, 1.54) is 0 Å². The first-order valence-corrected chi connectivity index (χ1v) is 6.23. The molecule has 1 aromatic rings. The fraction of sp³-hybridized carbons (Fsp3) is 0.200. The van der Waals surface area contributed by atoms with Gasteiger partial charge in [0.1, 0.15) is 0 Å². The first-order chi connectivity index (χ1) is 7.92. The van der Waals surface area contributed by atoms with Gasteiger partial charge in [0.25, 0.3) is 0 Å². The number of phosphoric ester groups is 1. The normalized spacial score (nSPS) is 10.8. The van der Waals surface area contributed by atoms with Gasteiger partial charge in [0.05, 0.1) is 13.2 Å². The van der Waals surface area contributed by atoms with Crippen molar-refractivity contribution in [3.05, 3.63) is 29.3 Å². The maximum absolute atomic E-state index is 10.6. The smallest absolute Gasteiger partial charge is 0.399 e. The second-order valence-electron chi connectivity index (χ2n) is 3.19. The van der Waals surface area contributed by atoms with Crippen LogP contribution in [0.4, 0.5) is 5.69 Å². The Bertz CT molecular complexity index is 501. The summed E-state index contributed by atoms with van der Waals surface area (Å²) in [5, 5.41) is 0. The van der Waals surface area contributed by atoms with Crippen molar-refractivity contribution < 1.29 is 18.9 Å². The highest BCUT2D eigenvalue weighted by Gasteiger charge is 2.14. The van der Waals surface area contributed by atoms with E-state index in [1.54, 1.807) is 18.2 Å². The summed E-state index contributed by atoms with van der Waals surface area (Å²) < 4.78 is 15.0. The van der Waals surface area contributed by atoms with Crippen molar-refractivity contribution in [1.29, 1.82) is 0 Å². The van der Waals surface area contributed by atoms with Crippen LogP contribution in [0.25, 0.3) is 0 Å². The fourth-order valence-corrected chi connectivity index (χ4v) is 1.46. The predicted octanol–water partition coefficient (Wildman–Crippen LogP) is 0.188. The lowest BCUT2D eigenvalue weighted by atomic mass is 10.1. The fourth-order valence-electron chi connectivity index (χ4n) is 1.15. The number of nitrogens with two attached hydrogens (primary N) is 2. The van der Waals surface area contributed by atoms with Gasteiger partial charge in [-0.1, -0.05) is 11.8 Å². The number of phosphoric acid groups is 1. The molecule has 7 heteroatoms. The molecule has 92 valence electrons. The second kappa shape index (κ2) is 5.82. The van der Waals surface area contributed by atoms with Gasteiger partial charge in [0, 0.05) is 11.3 Å². The van der Waals surface area contributed by atoms with E-state index in [2.05, 4.69) is 16.4 Å². The quantitative estimate of drug-likeness (QED) is 0.348. The summed E-state index contributed by atoms with van der Waals surface area (Å²) >= 11 is 0. The standard InChI is InChI=1S/C10H13N2O4P/c11-5-1-2-8-3-4-10(12)6-9(8)7-16-17(13,14)15/h3-4,6H,5,7,11-12H2,(H2,13,14,15). The zero-order chi connectivity index (χ0) is 12.9. The van der Waals surface area contributed by atoms with Gasteiger partial charge in [-0.3, -0.25) is 4.52 Å². The zero-order valence-electron chi connectivity index (χ0n) is 8.96. The molecule has 1 aromatic carbocycles. The van der Waals surface area contributed by atoms with Crippen LogP contribution >= 0.6 is 7.82 Å². The lowest BCUT2D eigenvalue weighted by Gasteiger charge is -2.08. The molecule has 0 radical (unpaired) electrons. The molecular weight excluding hydrogens is 243 g/mol. The van der Waals surface area contributed by atoms with E-state index in [9.17, 15) is 4.57 Å². The van der Waals surface area contributed by atoms with Gasteiger partial charge in [0.15, 0.2) is 0 Å². The third-order valence-corrected chi connectivity index (χ3v) is 2.31. The Balaban J connectivity index is 2.95. The minimum Gasteiger partial charge on any atom is -0.399 e. The highest BCUT2D eigenvalue weighted by Crippen LogP contribution is 2.37. The van der Waals surface area contributed by atoms with E-state index in [0.717, 1.165) is 0 Å². The van der Waals surface area contributed by atoms with Crippen molar-refractivity contribution in [2.45, 2.75) is 6.61 Å². The summed E-state index contributed by atoms with van der Waals surface area (Å²) in [6.45, 7) is -0.0624. The molecule has 0 saturated heterocycles. The van der Waals surface area contributed by atoms with Gasteiger partial charge in [-0.05, 0) is 23.8 Å². The largest absolute Gasteiger partial charge is 0.469 e. The summed E-state index contributed by atoms with van der Waals surface area (Å²) in [6.07, 6.45) is 0. The number of rotatable bonds is 3. The van der Waals surface area contributed by atoms with Crippen LogP contribution in [0.15, 0.2) is 18.2 Å². The average molecular weight is 256 g/mol. The Morgan fingerprint density at radius 2 is 2.12 bits per heavy atom. The lowest BCUT2D eigenvalue weighted by molar-refractivity contribution is 0.189. The van der Waals surface area contributed by atoms with Crippen molar-refractivity contribution in [2.24, 2.45) is 5.73 Å². The molecule has 17 heavy (non-hydrogen) atoms. The minimum atomic E-state index is -4.51. The number of hydrogen-bond donors (Lipinski definition) is 4. The van der Waals surface area contributed by atoms with Crippen LogP contribution in [0.3, 0.4) is 0 Å². The van der Waals surface area contributed by atoms with E-state index in [4.69, 9.17) is 21.3 Å². The van der Waals surface area contributed by atoms with E-state index in [-0.39, 0.29) is 13.2 Å². The van der Waals surface area contributed by atoms with Gasteiger partial charge in [-0.2, -0.15) is 0 Å². The van der Waals surface area contributed by atoms with Gasteiger partial charge >= 0.3 is 7.82 Å². The maximum atomic E-state index is 10.6. The Morgan fingerprint density at radius 1 is 1.41 bits per heavy atom. The van der Waals surface area contributed by atoms with Crippen molar-refractivity contribution >= 4 is 13.5 Å². The Hall–Kier alpha value is -1.35. The van der Waals surface area contributed by atoms with Crippen molar-refractivity contribution in [3.8, 4) is 11.8 Å². The third kappa shape index (κ3) is 5.00. The van der Waals surface area contributed by atoms with E-state index >= 15 is 0 Å². The van der Waals surface area contributed by atoms with Gasteiger partial charge in [0.2, 0.25) is 0 Å². The van der Waals surface area contributed by atoms with Crippen LogP contribution in [-0.2, 0) is 15.7 Å². The molecule has 0 spiro atoms. The first kappa shape index (κ1) is 13.7. The molecule has 0 heterocycles. The van der Waals surface area contributed by atoms with Crippen molar-refractivity contribution in [1.82, 2.24) is 0 Å². The summed E-state index contributed by atoms with van der Waals surface area (Å²) in [6, 6.07) is 4.84. The minimum absolute atomic E-state index is 0.198. The van der Waals surface area contributed by atoms with Crippen molar-refractivity contribution in [2.75, 3.05) is 12.3 Å². The summed E-state index contributed by atoms with van der Waals surface area (Å²) in [5.74, 6) is 5.42. The molecule has 6 nitrogen and oxygen atoms in total. The molecule has 0 bridgehead atoms. The van der Waals surface area contributed by atoms with Crippen LogP contribution in [0.5, 0.6) is 0 Å². The van der Waals surface area contributed by atoms with Crippen LogP contribution < -0.4 is 11.5 Å². The summed E-state index contributed by atoms with van der Waals surface area (Å²) in [7, 11) is -4.51. The van der Waals surface area contributed by atoms with E-state index in [0.29, 0.717) is 16.8 Å². The number of benzene rings is 1. The number of hydrogen-bond acceptors (Lipinski definition) is 4. The molecule has 6 N–H and O–H groups in total. The topological polar surface area (TPSA) is 119 Å². The highest BCUT2D eigenvalue weighted by molar-refractivity contribution is 7.46. The molecule has 0 unspecified atom stereocenters. The maximum Gasteiger partial charge on any atom is 0.469 e. The van der Waals surface area contributed by atoms with Gasteiger partial charge < -0.3 is 21.3 Å². The van der Waals surface area contributed by atoms with E-state index in [1.807, 2.05) is 0 Å². The Labute approximate surface area is 98.8 Å². The lowest BCUT2D eigenvalue weighted by Crippen LogP contribution is -1.98. The summed E-state index contributed by atoms with van der Waals surface area (Å²) in [4.78, 5) is 17.2. The zero-order valence-corrected chi connectivity index (χ0v) is 9.85. The van der Waals surface area contributed by atoms with Crippen molar-refractivity contribution in [3.63, 3.8) is 0 Å². The SMILES string of the molecule is NCC#Cc1ccc(N)cc1COP(=O)(O)O. The summed E-state index contributed by atoms with van der Waals surface area (Å²) in [5.41, 5.74) is 12.4. The molecule has 0 fully saturated rings. The van der Waals surface area contributed by atoms with E-state index < -0.39 is 7.82 Å². The molecule has 0 aliphatic rings. The molecule has 0 aliphatic heterocycles. The van der Waals surface area contributed by atoms with Crippen LogP contribution in [-0.4, -0.2) is 16.3 Å². The van der Waals surface area contributed by atoms with Crippen LogP contribution in [0, 0.1) is 11.8 Å². The molecular formula is C10H13N2O4P. The molecule has 0 amide bonds. The predicted molar refractivity (Wildman–Crippen MR) is 63.6 cm³/mol. The monoisotopic (exact) mass is 256 g/mol.